The summed E-state index contributed by atoms with van der Waals surface area (Å²) in [6, 6.07) is 11.2. The summed E-state index contributed by atoms with van der Waals surface area (Å²) in [5.41, 5.74) is 7.68. The van der Waals surface area contributed by atoms with Crippen molar-refractivity contribution < 1.29 is 22.3 Å². The molecule has 1 aliphatic rings. The molecule has 4 heterocycles. The molecule has 1 saturated heterocycles. The van der Waals surface area contributed by atoms with Crippen molar-refractivity contribution in [2.24, 2.45) is 0 Å². The van der Waals surface area contributed by atoms with Crippen LogP contribution in [0.15, 0.2) is 48.7 Å². The summed E-state index contributed by atoms with van der Waals surface area (Å²) < 4.78 is 59.4. The number of morpholine rings is 1. The number of nitrogen functional groups attached to an aromatic ring is 1. The second-order valence-corrected chi connectivity index (χ2v) is 9.88. The highest BCUT2D eigenvalue weighted by molar-refractivity contribution is 7.77. The first-order valence-corrected chi connectivity index (χ1v) is 13.4. The fourth-order valence-corrected chi connectivity index (χ4v) is 4.76. The summed E-state index contributed by atoms with van der Waals surface area (Å²) >= 11 is -2.52. The lowest BCUT2D eigenvalue weighted by Crippen LogP contribution is -2.44. The van der Waals surface area contributed by atoms with Gasteiger partial charge in [0.2, 0.25) is 0 Å². The molecule has 3 unspecified atom stereocenters. The molecule has 4 aromatic rings. The predicted molar refractivity (Wildman–Crippen MR) is 143 cm³/mol. The van der Waals surface area contributed by atoms with Crippen LogP contribution in [-0.2, 0) is 16.0 Å². The lowest BCUT2D eigenvalue weighted by molar-refractivity contribution is 0.0987. The Morgan fingerprint density at radius 3 is 2.82 bits per heavy atom. The average Bonchev–Trinajstić information content (AvgIpc) is 2.93. The Morgan fingerprint density at radius 2 is 2.08 bits per heavy atom. The van der Waals surface area contributed by atoms with E-state index >= 15 is 4.39 Å². The summed E-state index contributed by atoms with van der Waals surface area (Å²) in [4.78, 5) is 20.5. The molecule has 0 radical (unpaired) electrons. The van der Waals surface area contributed by atoms with Gasteiger partial charge in [-0.1, -0.05) is 12.1 Å². The van der Waals surface area contributed by atoms with Gasteiger partial charge in [0.05, 0.1) is 30.5 Å². The van der Waals surface area contributed by atoms with Crippen LogP contribution < -0.4 is 15.4 Å². The summed E-state index contributed by atoms with van der Waals surface area (Å²) in [6.45, 7) is 3.46. The smallest absolute Gasteiger partial charge is 0.163 e. The Bertz CT molecular complexity index is 1510. The van der Waals surface area contributed by atoms with E-state index in [2.05, 4.69) is 19.6 Å². The van der Waals surface area contributed by atoms with Gasteiger partial charge in [-0.15, -0.1) is 0 Å². The number of benzene rings is 1. The molecule has 13 heteroatoms. The summed E-state index contributed by atoms with van der Waals surface area (Å²) in [7, 11) is 0. The van der Waals surface area contributed by atoms with Crippen LogP contribution in [0.1, 0.15) is 25.1 Å². The fourth-order valence-electron chi connectivity index (χ4n) is 4.47. The molecular weight excluding hydrogens is 528 g/mol. The third-order valence-electron chi connectivity index (χ3n) is 6.47. The minimum Gasteiger partial charge on any atom is -0.760 e. The van der Waals surface area contributed by atoms with E-state index in [4.69, 9.17) is 20.4 Å². The topological polar surface area (TPSA) is 142 Å². The van der Waals surface area contributed by atoms with Gasteiger partial charge in [0.15, 0.2) is 11.6 Å². The number of halogens is 2. The highest BCUT2D eigenvalue weighted by atomic mass is 32.2. The zero-order chi connectivity index (χ0) is 27.5. The molecule has 0 aliphatic carbocycles. The van der Waals surface area contributed by atoms with Crippen LogP contribution in [0, 0.1) is 5.82 Å². The van der Waals surface area contributed by atoms with Gasteiger partial charge in [-0.2, -0.15) is 0 Å². The van der Waals surface area contributed by atoms with Gasteiger partial charge >= 0.3 is 0 Å². The van der Waals surface area contributed by atoms with Crippen molar-refractivity contribution in [3.05, 3.63) is 60.0 Å². The number of fused-ring (bicyclic) bond motifs is 1. The molecule has 3 aromatic heterocycles. The van der Waals surface area contributed by atoms with Crippen LogP contribution in [0.3, 0.4) is 0 Å². The number of nitrogens with two attached hydrogens (primary N) is 1. The molecule has 39 heavy (non-hydrogen) atoms. The van der Waals surface area contributed by atoms with Gasteiger partial charge in [-0.25, -0.2) is 33.4 Å². The average molecular weight is 555 g/mol. The molecule has 0 spiro atoms. The molecule has 10 nitrogen and oxygen atoms in total. The Kier molecular flexibility index (Phi) is 8.02. The summed E-state index contributed by atoms with van der Waals surface area (Å²) in [5, 5.41) is 0. The number of aromatic nitrogens is 4. The number of nitrogens with zero attached hydrogens (tertiary/aromatic N) is 5. The first-order valence-electron chi connectivity index (χ1n) is 12.3. The number of hydrogen-bond donors (Lipinski definition) is 2. The van der Waals surface area contributed by atoms with Crippen LogP contribution in [0.4, 0.5) is 20.4 Å². The molecule has 1 fully saturated rings. The Hall–Kier alpha value is -3.65. The van der Waals surface area contributed by atoms with Crippen molar-refractivity contribution in [2.45, 2.75) is 25.6 Å². The second kappa shape index (κ2) is 11.6. The van der Waals surface area contributed by atoms with Gasteiger partial charge < -0.3 is 19.9 Å². The predicted octanol–water partition coefficient (Wildman–Crippen LogP) is 3.48. The van der Waals surface area contributed by atoms with Crippen molar-refractivity contribution in [3.63, 3.8) is 0 Å². The second-order valence-electron chi connectivity index (χ2n) is 9.12. The first-order chi connectivity index (χ1) is 18.8. The number of ether oxygens (including phenoxy) is 1. The molecule has 1 aromatic carbocycles. The fraction of sp³-hybridized carbons (Fsp3) is 0.308. The molecule has 0 amide bonds. The molecule has 5 rings (SSSR count). The van der Waals surface area contributed by atoms with Crippen molar-refractivity contribution in [1.29, 1.82) is 0 Å². The van der Waals surface area contributed by atoms with E-state index in [1.807, 2.05) is 6.92 Å². The third kappa shape index (κ3) is 5.86. The van der Waals surface area contributed by atoms with Crippen LogP contribution in [0.25, 0.3) is 33.7 Å². The van der Waals surface area contributed by atoms with E-state index in [1.54, 1.807) is 36.5 Å². The van der Waals surface area contributed by atoms with Gasteiger partial charge in [-0.05, 0) is 43.7 Å². The zero-order valence-corrected chi connectivity index (χ0v) is 21.8. The van der Waals surface area contributed by atoms with Crippen molar-refractivity contribution in [2.75, 3.05) is 36.9 Å². The van der Waals surface area contributed by atoms with E-state index < -0.39 is 23.3 Å². The molecular formula is C26H26F2N7O3S-. The maximum Gasteiger partial charge on any atom is 0.163 e. The van der Waals surface area contributed by atoms with Crippen molar-refractivity contribution >= 4 is 33.9 Å². The molecule has 204 valence electrons. The highest BCUT2D eigenvalue weighted by Crippen LogP contribution is 2.34. The number of hydrogen-bond acceptors (Lipinski definition) is 9. The lowest BCUT2D eigenvalue weighted by atomic mass is 10.0. The van der Waals surface area contributed by atoms with E-state index in [1.165, 1.54) is 12.1 Å². The quantitative estimate of drug-likeness (QED) is 0.313. The maximum absolute atomic E-state index is 15.5. The molecule has 3 N–H and O–H groups in total. The number of pyridine rings is 2. The minimum absolute atomic E-state index is 0.00381. The van der Waals surface area contributed by atoms with Crippen molar-refractivity contribution in [1.82, 2.24) is 24.7 Å². The third-order valence-corrected chi connectivity index (χ3v) is 6.91. The largest absolute Gasteiger partial charge is 0.760 e. The van der Waals surface area contributed by atoms with E-state index in [9.17, 15) is 13.2 Å². The Balaban J connectivity index is 1.58. The van der Waals surface area contributed by atoms with Crippen LogP contribution in [0.5, 0.6) is 0 Å². The standard InChI is InChI=1S/C26H27F2N7O3S/c1-15-14-38-12-11-35(15)26-24-21(33-25(34-26)16-5-8-22(29)30-13-16)7-6-20(32-24)18-4-2-3-17(23(18)28)19(27)9-10-31-39(36)37/h2-8,13,15,19,31H,9-12,14H2,1H3,(H2,29,30)(H,36,37)/p-1. The van der Waals surface area contributed by atoms with Crippen molar-refractivity contribution in [3.8, 4) is 22.6 Å². The number of nitrogens with one attached hydrogen (secondary N) is 1. The number of rotatable bonds is 8. The Labute approximate surface area is 226 Å². The number of anilines is 2. The molecule has 1 aliphatic heterocycles. The van der Waals surface area contributed by atoms with Gasteiger partial charge in [0, 0.05) is 47.2 Å². The molecule has 3 atom stereocenters. The summed E-state index contributed by atoms with van der Waals surface area (Å²) in [5.74, 6) is 0.636. The minimum atomic E-state index is -2.52. The molecule has 0 bridgehead atoms. The van der Waals surface area contributed by atoms with Gasteiger partial charge in [0.1, 0.15) is 23.3 Å². The van der Waals surface area contributed by atoms with Gasteiger partial charge in [-0.3, -0.25) is 4.21 Å². The van der Waals surface area contributed by atoms with Crippen LogP contribution >= 0.6 is 0 Å². The van der Waals surface area contributed by atoms with E-state index in [0.717, 1.165) is 0 Å². The first kappa shape index (κ1) is 26.9. The highest BCUT2D eigenvalue weighted by Gasteiger charge is 2.25. The summed E-state index contributed by atoms with van der Waals surface area (Å²) in [6.07, 6.45) is -0.316. The van der Waals surface area contributed by atoms with Crippen LogP contribution in [0.2, 0.25) is 0 Å². The normalized spacial score (nSPS) is 17.3. The SMILES string of the molecule is CC1COCCN1c1nc(-c2ccc(N)nc2)nc2ccc(-c3cccc(C(F)CCNS(=O)[O-])c3F)nc12. The number of alkyl halides is 1. The monoisotopic (exact) mass is 554 g/mol. The Morgan fingerprint density at radius 1 is 1.23 bits per heavy atom. The van der Waals surface area contributed by atoms with Crippen LogP contribution in [-0.4, -0.2) is 61.0 Å². The van der Waals surface area contributed by atoms with Gasteiger partial charge in [0.25, 0.3) is 0 Å². The lowest BCUT2D eigenvalue weighted by Gasteiger charge is -2.34. The zero-order valence-electron chi connectivity index (χ0n) is 21.0. The molecule has 0 saturated carbocycles. The maximum atomic E-state index is 15.5. The van der Waals surface area contributed by atoms with E-state index in [-0.39, 0.29) is 30.1 Å². The van der Waals surface area contributed by atoms with E-state index in [0.29, 0.717) is 59.5 Å².